The van der Waals surface area contributed by atoms with Crippen LogP contribution in [-0.2, 0) is 0 Å². The maximum atomic E-state index is 12.2. The average molecular weight is 312 g/mol. The van der Waals surface area contributed by atoms with Gasteiger partial charge in [0.15, 0.2) is 0 Å². The van der Waals surface area contributed by atoms with Crippen molar-refractivity contribution in [3.8, 4) is 0 Å². The molecule has 0 atom stereocenters. The first-order valence-electron chi connectivity index (χ1n) is 6.74. The molecular weight excluding hydrogens is 298 g/mol. The van der Waals surface area contributed by atoms with Crippen molar-refractivity contribution in [2.45, 2.75) is 0 Å². The second-order valence-electron chi connectivity index (χ2n) is 4.84. The summed E-state index contributed by atoms with van der Waals surface area (Å²) in [5.74, 6) is 0. The van der Waals surface area contributed by atoms with Crippen LogP contribution in [0.3, 0.4) is 0 Å². The molecule has 0 aromatic heterocycles. The predicted molar refractivity (Wildman–Crippen MR) is 92.5 cm³/mol. The predicted octanol–water partition coefficient (Wildman–Crippen LogP) is 4.72. The van der Waals surface area contributed by atoms with Crippen molar-refractivity contribution in [3.63, 3.8) is 0 Å². The molecule has 0 aliphatic carbocycles. The van der Waals surface area contributed by atoms with E-state index in [4.69, 9.17) is 17.3 Å². The fourth-order valence-electron chi connectivity index (χ4n) is 2.26. The van der Waals surface area contributed by atoms with Crippen LogP contribution in [0.25, 0.3) is 10.8 Å². The minimum absolute atomic E-state index is 0.356. The number of nitrogens with two attached hydrogens (primary N) is 1. The molecule has 3 aromatic carbocycles. The number of nitrogen functional groups attached to an aromatic ring is 1. The van der Waals surface area contributed by atoms with Gasteiger partial charge < -0.3 is 16.4 Å². The minimum Gasteiger partial charge on any atom is -0.397 e. The monoisotopic (exact) mass is 311 g/mol. The molecule has 5 heteroatoms. The number of hydrogen-bond acceptors (Lipinski definition) is 2. The Labute approximate surface area is 132 Å². The third kappa shape index (κ3) is 2.97. The van der Waals surface area contributed by atoms with E-state index >= 15 is 0 Å². The van der Waals surface area contributed by atoms with Gasteiger partial charge in [0.05, 0.1) is 17.1 Å². The van der Waals surface area contributed by atoms with E-state index in [-0.39, 0.29) is 6.03 Å². The maximum Gasteiger partial charge on any atom is 0.323 e. The van der Waals surface area contributed by atoms with E-state index < -0.39 is 0 Å². The van der Waals surface area contributed by atoms with Gasteiger partial charge in [-0.2, -0.15) is 0 Å². The Bertz CT molecular complexity index is 843. The van der Waals surface area contributed by atoms with Gasteiger partial charge in [-0.15, -0.1) is 0 Å². The van der Waals surface area contributed by atoms with E-state index in [2.05, 4.69) is 10.6 Å². The summed E-state index contributed by atoms with van der Waals surface area (Å²) in [4.78, 5) is 12.2. The maximum absolute atomic E-state index is 12.2. The summed E-state index contributed by atoms with van der Waals surface area (Å²) in [6, 6.07) is 18.2. The third-order valence-electron chi connectivity index (χ3n) is 3.30. The second-order valence-corrected chi connectivity index (χ2v) is 5.27. The van der Waals surface area contributed by atoms with Gasteiger partial charge in [-0.1, -0.05) is 48.0 Å². The van der Waals surface area contributed by atoms with Crippen molar-refractivity contribution >= 4 is 45.5 Å². The number of amides is 2. The van der Waals surface area contributed by atoms with Gasteiger partial charge in [0, 0.05) is 10.4 Å². The van der Waals surface area contributed by atoms with Gasteiger partial charge in [-0.3, -0.25) is 0 Å². The normalized spacial score (nSPS) is 10.4. The lowest BCUT2D eigenvalue weighted by Gasteiger charge is -2.11. The van der Waals surface area contributed by atoms with Crippen LogP contribution in [0.2, 0.25) is 5.02 Å². The molecule has 0 saturated carbocycles. The van der Waals surface area contributed by atoms with E-state index in [9.17, 15) is 4.79 Å². The number of benzene rings is 3. The quantitative estimate of drug-likeness (QED) is 0.599. The largest absolute Gasteiger partial charge is 0.397 e. The molecule has 2 amide bonds. The summed E-state index contributed by atoms with van der Waals surface area (Å²) >= 11 is 5.84. The van der Waals surface area contributed by atoms with Crippen molar-refractivity contribution in [1.82, 2.24) is 0 Å². The van der Waals surface area contributed by atoms with Crippen LogP contribution < -0.4 is 16.4 Å². The third-order valence-corrected chi connectivity index (χ3v) is 3.53. The topological polar surface area (TPSA) is 67.1 Å². The number of hydrogen-bond donors (Lipinski definition) is 3. The molecule has 4 nitrogen and oxygen atoms in total. The number of halogens is 1. The SMILES string of the molecule is Nc1cc(Cl)ccc1NC(=O)Nc1cccc2ccccc12. The Kier molecular flexibility index (Phi) is 3.85. The molecule has 0 spiro atoms. The smallest absolute Gasteiger partial charge is 0.323 e. The van der Waals surface area contributed by atoms with Gasteiger partial charge in [0.2, 0.25) is 0 Å². The lowest BCUT2D eigenvalue weighted by Crippen LogP contribution is -2.20. The Hall–Kier alpha value is -2.72. The highest BCUT2D eigenvalue weighted by Gasteiger charge is 2.07. The van der Waals surface area contributed by atoms with Crippen LogP contribution in [0.15, 0.2) is 60.7 Å². The zero-order valence-electron chi connectivity index (χ0n) is 11.6. The van der Waals surface area contributed by atoms with Gasteiger partial charge in [-0.05, 0) is 29.7 Å². The van der Waals surface area contributed by atoms with E-state index in [1.165, 1.54) is 0 Å². The van der Waals surface area contributed by atoms with Crippen LogP contribution in [0.5, 0.6) is 0 Å². The number of carbonyl (C=O) groups is 1. The van der Waals surface area contributed by atoms with E-state index in [1.54, 1.807) is 18.2 Å². The Balaban J connectivity index is 1.81. The highest BCUT2D eigenvalue weighted by atomic mass is 35.5. The van der Waals surface area contributed by atoms with E-state index in [0.29, 0.717) is 16.4 Å². The molecule has 0 unspecified atom stereocenters. The number of carbonyl (C=O) groups excluding carboxylic acids is 1. The van der Waals surface area contributed by atoms with Crippen molar-refractivity contribution in [2.75, 3.05) is 16.4 Å². The first kappa shape index (κ1) is 14.2. The number of rotatable bonds is 2. The summed E-state index contributed by atoms with van der Waals surface area (Å²) in [5, 5.41) is 8.12. The first-order chi connectivity index (χ1) is 10.6. The van der Waals surface area contributed by atoms with Crippen LogP contribution in [0.4, 0.5) is 21.9 Å². The van der Waals surface area contributed by atoms with Crippen LogP contribution in [-0.4, -0.2) is 6.03 Å². The van der Waals surface area contributed by atoms with Crippen molar-refractivity contribution in [3.05, 3.63) is 65.7 Å². The van der Waals surface area contributed by atoms with Crippen LogP contribution >= 0.6 is 11.6 Å². The Morgan fingerprint density at radius 3 is 2.45 bits per heavy atom. The first-order valence-corrected chi connectivity index (χ1v) is 7.12. The van der Waals surface area contributed by atoms with Gasteiger partial charge in [0.1, 0.15) is 0 Å². The zero-order chi connectivity index (χ0) is 15.5. The molecule has 0 aliphatic rings. The van der Waals surface area contributed by atoms with Crippen molar-refractivity contribution in [1.29, 1.82) is 0 Å². The fourth-order valence-corrected chi connectivity index (χ4v) is 2.44. The molecule has 0 heterocycles. The molecular formula is C17H14ClN3O. The molecule has 0 fully saturated rings. The highest BCUT2D eigenvalue weighted by molar-refractivity contribution is 6.31. The number of urea groups is 1. The lowest BCUT2D eigenvalue weighted by atomic mass is 10.1. The van der Waals surface area contributed by atoms with E-state index in [0.717, 1.165) is 16.5 Å². The van der Waals surface area contributed by atoms with Crippen LogP contribution in [0.1, 0.15) is 0 Å². The molecule has 0 bridgehead atoms. The Morgan fingerprint density at radius 2 is 1.64 bits per heavy atom. The summed E-state index contributed by atoms with van der Waals surface area (Å²) in [6.45, 7) is 0. The molecule has 3 aromatic rings. The number of anilines is 3. The van der Waals surface area contributed by atoms with Gasteiger partial charge in [0.25, 0.3) is 0 Å². The molecule has 0 aliphatic heterocycles. The molecule has 110 valence electrons. The second kappa shape index (κ2) is 5.95. The van der Waals surface area contributed by atoms with Crippen LogP contribution in [0, 0.1) is 0 Å². The number of fused-ring (bicyclic) bond motifs is 1. The van der Waals surface area contributed by atoms with E-state index in [1.807, 2.05) is 42.5 Å². The van der Waals surface area contributed by atoms with Gasteiger partial charge in [-0.25, -0.2) is 4.79 Å². The fraction of sp³-hybridized carbons (Fsp3) is 0. The summed E-state index contributed by atoms with van der Waals surface area (Å²) in [7, 11) is 0. The zero-order valence-corrected chi connectivity index (χ0v) is 12.4. The molecule has 3 rings (SSSR count). The lowest BCUT2D eigenvalue weighted by molar-refractivity contribution is 0.262. The molecule has 22 heavy (non-hydrogen) atoms. The average Bonchev–Trinajstić information content (AvgIpc) is 2.50. The summed E-state index contributed by atoms with van der Waals surface area (Å²) < 4.78 is 0. The molecule has 4 N–H and O–H groups in total. The number of nitrogens with one attached hydrogen (secondary N) is 2. The molecule has 0 saturated heterocycles. The van der Waals surface area contributed by atoms with Crippen molar-refractivity contribution in [2.24, 2.45) is 0 Å². The summed E-state index contributed by atoms with van der Waals surface area (Å²) in [5.41, 5.74) is 7.50. The molecule has 0 radical (unpaired) electrons. The van der Waals surface area contributed by atoms with Crippen molar-refractivity contribution < 1.29 is 4.79 Å². The summed E-state index contributed by atoms with van der Waals surface area (Å²) in [6.07, 6.45) is 0. The van der Waals surface area contributed by atoms with Gasteiger partial charge >= 0.3 is 6.03 Å². The minimum atomic E-state index is -0.356. The highest BCUT2D eigenvalue weighted by Crippen LogP contribution is 2.25. The Morgan fingerprint density at radius 1 is 0.909 bits per heavy atom. The standard InChI is InChI=1S/C17H14ClN3O/c18-12-8-9-16(14(19)10-12)21-17(22)20-15-7-3-5-11-4-1-2-6-13(11)15/h1-10H,19H2,(H2,20,21,22).